The Morgan fingerprint density at radius 2 is 1.72 bits per heavy atom. The Hall–Kier alpha value is -2.35. The van der Waals surface area contributed by atoms with Crippen LogP contribution in [0.4, 0.5) is 5.69 Å². The number of fused-ring (bicyclic) bond motifs is 1. The van der Waals surface area contributed by atoms with Crippen molar-refractivity contribution in [2.45, 2.75) is 6.92 Å². The first kappa shape index (κ1) is 10.8. The molecular formula is C16H14N2. The van der Waals surface area contributed by atoms with E-state index >= 15 is 0 Å². The van der Waals surface area contributed by atoms with E-state index in [4.69, 9.17) is 5.73 Å². The summed E-state index contributed by atoms with van der Waals surface area (Å²) in [5.74, 6) is 0. The SMILES string of the molecule is Cc1ccc2c(N)cc(-c3ccccc3)nc2c1. The molecule has 18 heavy (non-hydrogen) atoms. The molecule has 0 aliphatic heterocycles. The van der Waals surface area contributed by atoms with Crippen LogP contribution in [0.1, 0.15) is 5.56 Å². The van der Waals surface area contributed by atoms with Crippen LogP contribution in [0, 0.1) is 6.92 Å². The maximum absolute atomic E-state index is 6.10. The van der Waals surface area contributed by atoms with Crippen LogP contribution in [0.25, 0.3) is 22.2 Å². The normalized spacial score (nSPS) is 10.7. The van der Waals surface area contributed by atoms with Crippen LogP contribution in [-0.2, 0) is 0 Å². The van der Waals surface area contributed by atoms with Crippen LogP contribution in [0.2, 0.25) is 0 Å². The van der Waals surface area contributed by atoms with E-state index in [1.807, 2.05) is 42.5 Å². The fraction of sp³-hybridized carbons (Fsp3) is 0.0625. The molecule has 88 valence electrons. The van der Waals surface area contributed by atoms with Gasteiger partial charge < -0.3 is 5.73 Å². The number of aryl methyl sites for hydroxylation is 1. The number of pyridine rings is 1. The topological polar surface area (TPSA) is 38.9 Å². The first-order chi connectivity index (χ1) is 8.74. The molecule has 0 bridgehead atoms. The summed E-state index contributed by atoms with van der Waals surface area (Å²) in [6, 6.07) is 18.2. The molecule has 0 saturated heterocycles. The van der Waals surface area contributed by atoms with Crippen molar-refractivity contribution in [2.75, 3.05) is 5.73 Å². The van der Waals surface area contributed by atoms with Crippen LogP contribution in [0.15, 0.2) is 54.6 Å². The molecule has 1 heterocycles. The molecule has 0 radical (unpaired) electrons. The summed E-state index contributed by atoms with van der Waals surface area (Å²) in [6.07, 6.45) is 0. The van der Waals surface area contributed by atoms with Gasteiger partial charge in [0.05, 0.1) is 11.2 Å². The van der Waals surface area contributed by atoms with Gasteiger partial charge in [-0.15, -0.1) is 0 Å². The van der Waals surface area contributed by atoms with Gasteiger partial charge in [-0.1, -0.05) is 42.5 Å². The fourth-order valence-corrected chi connectivity index (χ4v) is 2.12. The van der Waals surface area contributed by atoms with Crippen molar-refractivity contribution >= 4 is 16.6 Å². The van der Waals surface area contributed by atoms with Gasteiger partial charge in [-0.3, -0.25) is 0 Å². The standard InChI is InChI=1S/C16H14N2/c1-11-7-8-13-14(17)10-15(18-16(13)9-11)12-5-3-2-4-6-12/h2-10H,1H3,(H2,17,18). The number of anilines is 1. The smallest absolute Gasteiger partial charge is 0.0732 e. The van der Waals surface area contributed by atoms with Crippen LogP contribution < -0.4 is 5.73 Å². The second kappa shape index (κ2) is 4.15. The highest BCUT2D eigenvalue weighted by Gasteiger charge is 2.05. The molecule has 0 unspecified atom stereocenters. The molecule has 0 amide bonds. The van der Waals surface area contributed by atoms with E-state index < -0.39 is 0 Å². The molecule has 0 fully saturated rings. The Morgan fingerprint density at radius 1 is 0.944 bits per heavy atom. The summed E-state index contributed by atoms with van der Waals surface area (Å²) in [5, 5.41) is 1.01. The molecule has 0 aliphatic carbocycles. The van der Waals surface area contributed by atoms with Gasteiger partial charge in [-0.25, -0.2) is 4.98 Å². The van der Waals surface area contributed by atoms with Gasteiger partial charge in [-0.2, -0.15) is 0 Å². The zero-order valence-electron chi connectivity index (χ0n) is 10.2. The number of rotatable bonds is 1. The van der Waals surface area contributed by atoms with Crippen LogP contribution >= 0.6 is 0 Å². The summed E-state index contributed by atoms with van der Waals surface area (Å²) < 4.78 is 0. The Balaban J connectivity index is 2.27. The third-order valence-corrected chi connectivity index (χ3v) is 3.07. The third kappa shape index (κ3) is 1.82. The highest BCUT2D eigenvalue weighted by molar-refractivity contribution is 5.92. The zero-order valence-corrected chi connectivity index (χ0v) is 10.2. The average molecular weight is 234 g/mol. The monoisotopic (exact) mass is 234 g/mol. The van der Waals surface area contributed by atoms with E-state index in [0.29, 0.717) is 0 Å². The number of nitrogen functional groups attached to an aromatic ring is 1. The van der Waals surface area contributed by atoms with Crippen molar-refractivity contribution in [2.24, 2.45) is 0 Å². The van der Waals surface area contributed by atoms with Crippen LogP contribution in [0.5, 0.6) is 0 Å². The van der Waals surface area contributed by atoms with Gasteiger partial charge in [0.15, 0.2) is 0 Å². The zero-order chi connectivity index (χ0) is 12.5. The highest BCUT2D eigenvalue weighted by atomic mass is 14.7. The summed E-state index contributed by atoms with van der Waals surface area (Å²) in [4.78, 5) is 4.69. The van der Waals surface area contributed by atoms with Crippen molar-refractivity contribution in [3.63, 3.8) is 0 Å². The van der Waals surface area contributed by atoms with E-state index in [9.17, 15) is 0 Å². The maximum Gasteiger partial charge on any atom is 0.0732 e. The van der Waals surface area contributed by atoms with Crippen molar-refractivity contribution in [3.05, 3.63) is 60.2 Å². The lowest BCUT2D eigenvalue weighted by atomic mass is 10.1. The Kier molecular flexibility index (Phi) is 2.49. The second-order valence-electron chi connectivity index (χ2n) is 4.48. The lowest BCUT2D eigenvalue weighted by Crippen LogP contribution is -1.93. The maximum atomic E-state index is 6.10. The third-order valence-electron chi connectivity index (χ3n) is 3.07. The van der Waals surface area contributed by atoms with Gasteiger partial charge in [0.1, 0.15) is 0 Å². The highest BCUT2D eigenvalue weighted by Crippen LogP contribution is 2.26. The quantitative estimate of drug-likeness (QED) is 0.695. The minimum Gasteiger partial charge on any atom is -0.398 e. The van der Waals surface area contributed by atoms with Crippen LogP contribution in [-0.4, -0.2) is 4.98 Å². The number of benzene rings is 2. The van der Waals surface area contributed by atoms with E-state index in [1.54, 1.807) is 0 Å². The predicted molar refractivity (Wildman–Crippen MR) is 76.3 cm³/mol. The minimum absolute atomic E-state index is 0.777. The Labute approximate surface area is 106 Å². The largest absolute Gasteiger partial charge is 0.398 e. The minimum atomic E-state index is 0.777. The number of aromatic nitrogens is 1. The van der Waals surface area contributed by atoms with Gasteiger partial charge >= 0.3 is 0 Å². The first-order valence-electron chi connectivity index (χ1n) is 5.96. The van der Waals surface area contributed by atoms with Crippen molar-refractivity contribution in [3.8, 4) is 11.3 Å². The summed E-state index contributed by atoms with van der Waals surface area (Å²) in [5.41, 5.74) is 11.0. The molecule has 2 nitrogen and oxygen atoms in total. The van der Waals surface area contributed by atoms with Crippen molar-refractivity contribution in [1.82, 2.24) is 4.98 Å². The summed E-state index contributed by atoms with van der Waals surface area (Å²) >= 11 is 0. The van der Waals surface area contributed by atoms with E-state index in [0.717, 1.165) is 27.8 Å². The second-order valence-corrected chi connectivity index (χ2v) is 4.48. The summed E-state index contributed by atoms with van der Waals surface area (Å²) in [6.45, 7) is 2.06. The first-order valence-corrected chi connectivity index (χ1v) is 5.96. The van der Waals surface area contributed by atoms with Crippen LogP contribution in [0.3, 0.4) is 0 Å². The molecule has 0 aliphatic rings. The molecule has 3 aromatic rings. The van der Waals surface area contributed by atoms with Gasteiger partial charge in [0, 0.05) is 16.6 Å². The molecule has 2 heteroatoms. The van der Waals surface area contributed by atoms with Crippen molar-refractivity contribution < 1.29 is 0 Å². The molecule has 2 aromatic carbocycles. The number of nitrogens with two attached hydrogens (primary N) is 1. The summed E-state index contributed by atoms with van der Waals surface area (Å²) in [7, 11) is 0. The van der Waals surface area contributed by atoms with E-state index in [2.05, 4.69) is 24.0 Å². The molecular weight excluding hydrogens is 220 g/mol. The molecule has 0 spiro atoms. The molecule has 2 N–H and O–H groups in total. The number of hydrogen-bond acceptors (Lipinski definition) is 2. The lowest BCUT2D eigenvalue weighted by Gasteiger charge is -2.07. The number of nitrogens with zero attached hydrogens (tertiary/aromatic N) is 1. The number of hydrogen-bond donors (Lipinski definition) is 1. The Bertz CT molecular complexity index is 703. The average Bonchev–Trinajstić information content (AvgIpc) is 2.39. The van der Waals surface area contributed by atoms with E-state index in [-0.39, 0.29) is 0 Å². The fourth-order valence-electron chi connectivity index (χ4n) is 2.12. The molecule has 0 atom stereocenters. The molecule has 3 rings (SSSR count). The Morgan fingerprint density at radius 3 is 2.50 bits per heavy atom. The van der Waals surface area contributed by atoms with E-state index in [1.165, 1.54) is 5.56 Å². The molecule has 0 saturated carbocycles. The predicted octanol–water partition coefficient (Wildman–Crippen LogP) is 3.79. The van der Waals surface area contributed by atoms with Crippen molar-refractivity contribution in [1.29, 1.82) is 0 Å². The van der Waals surface area contributed by atoms with Gasteiger partial charge in [0.2, 0.25) is 0 Å². The van der Waals surface area contributed by atoms with Gasteiger partial charge in [-0.05, 0) is 24.6 Å². The molecule has 1 aromatic heterocycles. The van der Waals surface area contributed by atoms with Gasteiger partial charge in [0.25, 0.3) is 0 Å². The lowest BCUT2D eigenvalue weighted by molar-refractivity contribution is 1.38.